The Morgan fingerprint density at radius 3 is 2.64 bits per heavy atom. The zero-order valence-electron chi connectivity index (χ0n) is 16.7. The Bertz CT molecular complexity index is 810. The quantitative estimate of drug-likeness (QED) is 0.771. The maximum atomic E-state index is 13.0. The summed E-state index contributed by atoms with van der Waals surface area (Å²) >= 11 is 5.96. The number of quaternary nitrogens is 1. The van der Waals surface area contributed by atoms with E-state index < -0.39 is 0 Å². The van der Waals surface area contributed by atoms with E-state index in [4.69, 9.17) is 21.1 Å². The molecule has 6 heteroatoms. The van der Waals surface area contributed by atoms with Gasteiger partial charge in [-0.15, -0.1) is 0 Å². The Hall–Kier alpha value is -2.24. The summed E-state index contributed by atoms with van der Waals surface area (Å²) in [7, 11) is 3.31. The number of hydrogen-bond acceptors (Lipinski definition) is 3. The summed E-state index contributed by atoms with van der Waals surface area (Å²) in [6, 6.07) is 13.8. The van der Waals surface area contributed by atoms with Gasteiger partial charge in [-0.05, 0) is 50.1 Å². The summed E-state index contributed by atoms with van der Waals surface area (Å²) in [6.07, 6.45) is 1.92. The van der Waals surface area contributed by atoms with E-state index in [0.717, 1.165) is 47.0 Å². The topological polar surface area (TPSA) is 55.4 Å². The van der Waals surface area contributed by atoms with Crippen molar-refractivity contribution in [1.29, 1.82) is 0 Å². The summed E-state index contributed by atoms with van der Waals surface area (Å²) in [4.78, 5) is 14.9. The number of nitrogens with zero attached hydrogens (tertiary/aromatic N) is 1. The molecule has 0 aromatic heterocycles. The number of hydrogen-bond donors (Lipinski definition) is 1. The molecule has 1 fully saturated rings. The molecule has 0 bridgehead atoms. The molecule has 1 aliphatic heterocycles. The molecular weight excluding hydrogens is 376 g/mol. The largest absolute Gasteiger partial charge is 0.497 e. The van der Waals surface area contributed by atoms with Crippen LogP contribution in [-0.4, -0.2) is 38.1 Å². The van der Waals surface area contributed by atoms with Crippen LogP contribution in [0.1, 0.15) is 43.0 Å². The fourth-order valence-electron chi connectivity index (χ4n) is 3.79. The van der Waals surface area contributed by atoms with Gasteiger partial charge in [0, 0.05) is 22.7 Å². The van der Waals surface area contributed by atoms with E-state index in [-0.39, 0.29) is 18.0 Å². The normalized spacial score (nSPS) is 17.4. The van der Waals surface area contributed by atoms with Crippen molar-refractivity contribution < 1.29 is 19.6 Å². The highest BCUT2D eigenvalue weighted by Gasteiger charge is 2.33. The smallest absolute Gasteiger partial charge is 0.278 e. The maximum Gasteiger partial charge on any atom is 0.278 e. The number of benzene rings is 2. The molecule has 1 amide bonds. The van der Waals surface area contributed by atoms with Gasteiger partial charge < -0.3 is 19.7 Å². The molecule has 5 nitrogen and oxygen atoms in total. The molecule has 0 saturated carbocycles. The number of halogens is 1. The number of carbonyl (C=O) groups is 1. The lowest BCUT2D eigenvalue weighted by Crippen LogP contribution is -2.87. The average molecular weight is 404 g/mol. The zero-order chi connectivity index (χ0) is 20.1. The van der Waals surface area contributed by atoms with Crippen LogP contribution in [0.15, 0.2) is 42.5 Å². The maximum absolute atomic E-state index is 13.0. The third kappa shape index (κ3) is 4.59. The SMILES string of the molecule is COc1ccc(OC)c([C@@H]2CCCN2C(=O)C[NH2+][C@H](C)c2ccc(Cl)cc2)c1. The second kappa shape index (κ2) is 9.30. The first kappa shape index (κ1) is 20.5. The van der Waals surface area contributed by atoms with E-state index in [1.807, 2.05) is 47.4 Å². The van der Waals surface area contributed by atoms with Gasteiger partial charge in [0.1, 0.15) is 17.5 Å². The minimum Gasteiger partial charge on any atom is -0.497 e. The van der Waals surface area contributed by atoms with Crippen LogP contribution in [0, 0.1) is 0 Å². The molecule has 1 saturated heterocycles. The van der Waals surface area contributed by atoms with Crippen molar-refractivity contribution in [2.24, 2.45) is 0 Å². The Morgan fingerprint density at radius 1 is 1.21 bits per heavy atom. The molecule has 2 N–H and O–H groups in total. The number of amides is 1. The molecule has 2 aromatic carbocycles. The lowest BCUT2D eigenvalue weighted by molar-refractivity contribution is -0.683. The van der Waals surface area contributed by atoms with E-state index in [9.17, 15) is 4.79 Å². The van der Waals surface area contributed by atoms with E-state index in [1.165, 1.54) is 0 Å². The number of likely N-dealkylation sites (tertiary alicyclic amines) is 1. The van der Waals surface area contributed by atoms with Crippen molar-refractivity contribution in [2.45, 2.75) is 31.8 Å². The Balaban J connectivity index is 1.69. The number of ether oxygens (including phenoxy) is 2. The van der Waals surface area contributed by atoms with Crippen molar-refractivity contribution in [2.75, 3.05) is 27.3 Å². The Labute approximate surface area is 171 Å². The summed E-state index contributed by atoms with van der Waals surface area (Å²) in [5.41, 5.74) is 2.17. The van der Waals surface area contributed by atoms with Gasteiger partial charge in [-0.25, -0.2) is 0 Å². The number of methoxy groups -OCH3 is 2. The average Bonchev–Trinajstić information content (AvgIpc) is 3.21. The number of carbonyl (C=O) groups excluding carboxylic acids is 1. The predicted octanol–water partition coefficient (Wildman–Crippen LogP) is 3.35. The lowest BCUT2D eigenvalue weighted by Gasteiger charge is -2.26. The van der Waals surface area contributed by atoms with E-state index in [0.29, 0.717) is 6.54 Å². The first-order chi connectivity index (χ1) is 13.5. The van der Waals surface area contributed by atoms with Gasteiger partial charge >= 0.3 is 0 Å². The standard InChI is InChI=1S/C22H27ClN2O3/c1-15(16-6-8-17(23)9-7-16)24-14-22(26)25-12-4-5-20(25)19-13-18(27-2)10-11-21(19)28-3/h6-11,13,15,20,24H,4-5,12,14H2,1-3H3/p+1/t15-,20+/m1/s1. The first-order valence-electron chi connectivity index (χ1n) is 9.63. The van der Waals surface area contributed by atoms with Crippen LogP contribution >= 0.6 is 11.6 Å². The molecule has 2 aromatic rings. The van der Waals surface area contributed by atoms with Crippen molar-refractivity contribution in [1.82, 2.24) is 4.90 Å². The van der Waals surface area contributed by atoms with E-state index in [2.05, 4.69) is 12.2 Å². The monoisotopic (exact) mass is 403 g/mol. The van der Waals surface area contributed by atoms with Crippen molar-refractivity contribution in [3.05, 3.63) is 58.6 Å². The first-order valence-corrected chi connectivity index (χ1v) is 10.0. The second-order valence-electron chi connectivity index (χ2n) is 7.13. The zero-order valence-corrected chi connectivity index (χ0v) is 17.4. The van der Waals surface area contributed by atoms with Gasteiger partial charge in [-0.3, -0.25) is 4.79 Å². The minimum atomic E-state index is 0.0248. The van der Waals surface area contributed by atoms with Gasteiger partial charge in [0.2, 0.25) is 0 Å². The number of nitrogens with two attached hydrogens (primary N) is 1. The van der Waals surface area contributed by atoms with Crippen LogP contribution in [0.3, 0.4) is 0 Å². The van der Waals surface area contributed by atoms with Crippen LogP contribution in [0.2, 0.25) is 5.02 Å². The van der Waals surface area contributed by atoms with Crippen LogP contribution in [0.25, 0.3) is 0 Å². The summed E-state index contributed by atoms with van der Waals surface area (Å²) in [5.74, 6) is 1.72. The molecule has 150 valence electrons. The van der Waals surface area contributed by atoms with Gasteiger partial charge in [-0.2, -0.15) is 0 Å². The highest BCUT2D eigenvalue weighted by Crippen LogP contribution is 2.38. The van der Waals surface area contributed by atoms with Gasteiger partial charge in [0.15, 0.2) is 6.54 Å². The highest BCUT2D eigenvalue weighted by molar-refractivity contribution is 6.30. The predicted molar refractivity (Wildman–Crippen MR) is 110 cm³/mol. The minimum absolute atomic E-state index is 0.0248. The summed E-state index contributed by atoms with van der Waals surface area (Å²) < 4.78 is 10.9. The fraction of sp³-hybridized carbons (Fsp3) is 0.409. The molecule has 0 aliphatic carbocycles. The van der Waals surface area contributed by atoms with Crippen molar-refractivity contribution in [3.63, 3.8) is 0 Å². The van der Waals surface area contributed by atoms with Crippen molar-refractivity contribution >= 4 is 17.5 Å². The summed E-state index contributed by atoms with van der Waals surface area (Å²) in [5, 5.41) is 2.79. The molecule has 0 unspecified atom stereocenters. The fourth-order valence-corrected chi connectivity index (χ4v) is 3.91. The highest BCUT2D eigenvalue weighted by atomic mass is 35.5. The molecule has 3 rings (SSSR count). The van der Waals surface area contributed by atoms with Crippen LogP contribution in [-0.2, 0) is 4.79 Å². The molecule has 0 radical (unpaired) electrons. The third-order valence-electron chi connectivity index (χ3n) is 5.41. The van der Waals surface area contributed by atoms with Crippen molar-refractivity contribution in [3.8, 4) is 11.5 Å². The van der Waals surface area contributed by atoms with E-state index >= 15 is 0 Å². The van der Waals surface area contributed by atoms with Crippen LogP contribution < -0.4 is 14.8 Å². The molecule has 0 spiro atoms. The molecule has 2 atom stereocenters. The van der Waals surface area contributed by atoms with Gasteiger partial charge in [0.25, 0.3) is 5.91 Å². The molecular formula is C22H28ClN2O3+. The number of rotatable bonds is 7. The third-order valence-corrected chi connectivity index (χ3v) is 5.66. The molecule has 1 aliphatic rings. The van der Waals surface area contributed by atoms with Gasteiger partial charge in [-0.1, -0.05) is 23.7 Å². The Morgan fingerprint density at radius 2 is 1.96 bits per heavy atom. The molecule has 1 heterocycles. The second-order valence-corrected chi connectivity index (χ2v) is 7.57. The Kier molecular flexibility index (Phi) is 6.81. The summed E-state index contributed by atoms with van der Waals surface area (Å²) in [6.45, 7) is 3.28. The molecule has 28 heavy (non-hydrogen) atoms. The van der Waals surface area contributed by atoms with Crippen LogP contribution in [0.5, 0.6) is 11.5 Å². The van der Waals surface area contributed by atoms with Gasteiger partial charge in [0.05, 0.1) is 20.3 Å². The lowest BCUT2D eigenvalue weighted by atomic mass is 10.0. The van der Waals surface area contributed by atoms with Crippen LogP contribution in [0.4, 0.5) is 0 Å². The van der Waals surface area contributed by atoms with E-state index in [1.54, 1.807) is 14.2 Å².